The highest BCUT2D eigenvalue weighted by atomic mass is 127. The molecule has 2 unspecified atom stereocenters. The van der Waals surface area contributed by atoms with Gasteiger partial charge in [-0.05, 0) is 26.3 Å². The van der Waals surface area contributed by atoms with Crippen molar-refractivity contribution >= 4 is 41.9 Å². The molecule has 1 aromatic rings. The van der Waals surface area contributed by atoms with Crippen LogP contribution in [0.2, 0.25) is 0 Å². The SMILES string of the molecule is CN1C(=O)CC(CN=C(N)N2CCN(C(=O)OC(C)(C)C)CC2)C1c1ccccc1.I. The first kappa shape index (κ1) is 25.2. The first-order valence-electron chi connectivity index (χ1n) is 10.5. The van der Waals surface area contributed by atoms with Gasteiger partial charge in [0.25, 0.3) is 0 Å². The average Bonchev–Trinajstić information content (AvgIpc) is 2.99. The van der Waals surface area contributed by atoms with Gasteiger partial charge < -0.3 is 25.2 Å². The molecule has 2 aliphatic heterocycles. The van der Waals surface area contributed by atoms with Gasteiger partial charge in [-0.3, -0.25) is 9.79 Å². The van der Waals surface area contributed by atoms with Crippen LogP contribution in [0.3, 0.4) is 0 Å². The van der Waals surface area contributed by atoms with E-state index in [1.165, 1.54) is 0 Å². The van der Waals surface area contributed by atoms with Crippen LogP contribution in [-0.4, -0.2) is 78.0 Å². The lowest BCUT2D eigenvalue weighted by Crippen LogP contribution is -2.53. The number of rotatable bonds is 3. The monoisotopic (exact) mass is 543 g/mol. The second-order valence-corrected chi connectivity index (χ2v) is 8.98. The number of halogens is 1. The zero-order valence-electron chi connectivity index (χ0n) is 18.8. The van der Waals surface area contributed by atoms with E-state index in [-0.39, 0.29) is 47.9 Å². The lowest BCUT2D eigenvalue weighted by atomic mass is 9.94. The minimum absolute atomic E-state index is 0. The molecule has 0 spiro atoms. The van der Waals surface area contributed by atoms with Gasteiger partial charge in [0.15, 0.2) is 5.96 Å². The fraction of sp³-hybridized carbons (Fsp3) is 0.591. The standard InChI is InChI=1S/C22H33N5O3.HI/c1-22(2,3)30-21(29)27-12-10-26(11-13-27)20(23)24-15-17-14-18(28)25(4)19(17)16-8-6-5-7-9-16;/h5-9,17,19H,10-15H2,1-4H3,(H2,23,24);1H. The van der Waals surface area contributed by atoms with Crippen LogP contribution in [0.5, 0.6) is 0 Å². The van der Waals surface area contributed by atoms with Crippen molar-refractivity contribution < 1.29 is 14.3 Å². The largest absolute Gasteiger partial charge is 0.444 e. The van der Waals surface area contributed by atoms with E-state index in [1.54, 1.807) is 4.90 Å². The fourth-order valence-corrected chi connectivity index (χ4v) is 4.02. The van der Waals surface area contributed by atoms with Crippen LogP contribution in [-0.2, 0) is 9.53 Å². The van der Waals surface area contributed by atoms with E-state index in [2.05, 4.69) is 17.1 Å². The molecule has 3 rings (SSSR count). The van der Waals surface area contributed by atoms with Gasteiger partial charge in [-0.1, -0.05) is 30.3 Å². The number of nitrogens with zero attached hydrogens (tertiary/aromatic N) is 4. The van der Waals surface area contributed by atoms with E-state index in [9.17, 15) is 9.59 Å². The number of ether oxygens (including phenoxy) is 1. The van der Waals surface area contributed by atoms with Gasteiger partial charge in [0.2, 0.25) is 5.91 Å². The third kappa shape index (κ3) is 6.47. The van der Waals surface area contributed by atoms with Gasteiger partial charge in [-0.25, -0.2) is 4.79 Å². The van der Waals surface area contributed by atoms with Crippen molar-refractivity contribution in [3.63, 3.8) is 0 Å². The Morgan fingerprint density at radius 1 is 1.13 bits per heavy atom. The number of nitrogens with two attached hydrogens (primary N) is 1. The number of hydrogen-bond donors (Lipinski definition) is 1. The van der Waals surface area contributed by atoms with Gasteiger partial charge in [0.05, 0.1) is 6.04 Å². The Balaban J connectivity index is 0.00000341. The maximum atomic E-state index is 12.3. The molecule has 2 amide bonds. The van der Waals surface area contributed by atoms with Crippen LogP contribution in [0.4, 0.5) is 4.79 Å². The van der Waals surface area contributed by atoms with Gasteiger partial charge in [-0.2, -0.15) is 0 Å². The molecule has 0 radical (unpaired) electrons. The normalized spacial score (nSPS) is 22.4. The maximum absolute atomic E-state index is 12.3. The number of hydrogen-bond acceptors (Lipinski definition) is 4. The number of carbonyl (C=O) groups is 2. The fourth-order valence-electron chi connectivity index (χ4n) is 4.02. The van der Waals surface area contributed by atoms with E-state index in [1.807, 2.05) is 55.8 Å². The minimum atomic E-state index is -0.504. The molecule has 2 saturated heterocycles. The topological polar surface area (TPSA) is 91.5 Å². The van der Waals surface area contributed by atoms with Crippen LogP contribution in [0, 0.1) is 5.92 Å². The zero-order chi connectivity index (χ0) is 21.9. The predicted octanol–water partition coefficient (Wildman–Crippen LogP) is 2.69. The van der Waals surface area contributed by atoms with Gasteiger partial charge in [0, 0.05) is 52.1 Å². The Labute approximate surface area is 201 Å². The van der Waals surface area contributed by atoms with E-state index in [0.717, 1.165) is 5.56 Å². The number of carbonyl (C=O) groups excluding carboxylic acids is 2. The molecule has 2 N–H and O–H groups in total. The van der Waals surface area contributed by atoms with Crippen LogP contribution < -0.4 is 5.73 Å². The zero-order valence-corrected chi connectivity index (χ0v) is 21.1. The molecular formula is C22H34IN5O3. The van der Waals surface area contributed by atoms with Crippen molar-refractivity contribution in [2.75, 3.05) is 39.8 Å². The summed E-state index contributed by atoms with van der Waals surface area (Å²) in [6.45, 7) is 8.39. The Morgan fingerprint density at radius 3 is 2.29 bits per heavy atom. The van der Waals surface area contributed by atoms with E-state index >= 15 is 0 Å². The van der Waals surface area contributed by atoms with Crippen LogP contribution >= 0.6 is 24.0 Å². The Bertz CT molecular complexity index is 788. The molecule has 9 heteroatoms. The van der Waals surface area contributed by atoms with Gasteiger partial charge >= 0.3 is 6.09 Å². The molecule has 2 atom stereocenters. The minimum Gasteiger partial charge on any atom is -0.444 e. The molecule has 2 heterocycles. The number of likely N-dealkylation sites (tertiary alicyclic amines) is 1. The third-order valence-electron chi connectivity index (χ3n) is 5.58. The molecule has 0 saturated carbocycles. The summed E-state index contributed by atoms with van der Waals surface area (Å²) in [7, 11) is 1.85. The predicted molar refractivity (Wildman–Crippen MR) is 131 cm³/mol. The Kier molecular flexibility index (Phi) is 8.56. The molecule has 172 valence electrons. The van der Waals surface area contributed by atoms with Crippen LogP contribution in [0.15, 0.2) is 35.3 Å². The third-order valence-corrected chi connectivity index (χ3v) is 5.58. The Hall–Kier alpha value is -2.04. The molecule has 2 fully saturated rings. The number of guanidine groups is 1. The van der Waals surface area contributed by atoms with Crippen molar-refractivity contribution in [2.24, 2.45) is 16.6 Å². The van der Waals surface area contributed by atoms with E-state index in [0.29, 0.717) is 45.1 Å². The molecule has 0 bridgehead atoms. The van der Waals surface area contributed by atoms with Crippen molar-refractivity contribution in [1.29, 1.82) is 0 Å². The summed E-state index contributed by atoms with van der Waals surface area (Å²) >= 11 is 0. The average molecular weight is 543 g/mol. The highest BCUT2D eigenvalue weighted by molar-refractivity contribution is 14.0. The van der Waals surface area contributed by atoms with Crippen molar-refractivity contribution in [2.45, 2.75) is 38.8 Å². The van der Waals surface area contributed by atoms with Crippen molar-refractivity contribution in [3.8, 4) is 0 Å². The lowest BCUT2D eigenvalue weighted by molar-refractivity contribution is -0.127. The quantitative estimate of drug-likeness (QED) is 0.360. The van der Waals surface area contributed by atoms with Gasteiger partial charge in [-0.15, -0.1) is 24.0 Å². The lowest BCUT2D eigenvalue weighted by Gasteiger charge is -2.36. The summed E-state index contributed by atoms with van der Waals surface area (Å²) in [6, 6.07) is 10.1. The van der Waals surface area contributed by atoms with Crippen LogP contribution in [0.1, 0.15) is 38.8 Å². The van der Waals surface area contributed by atoms with Crippen molar-refractivity contribution in [1.82, 2.24) is 14.7 Å². The molecule has 31 heavy (non-hydrogen) atoms. The van der Waals surface area contributed by atoms with Gasteiger partial charge in [0.1, 0.15) is 5.60 Å². The molecule has 8 nitrogen and oxygen atoms in total. The van der Waals surface area contributed by atoms with E-state index in [4.69, 9.17) is 10.5 Å². The van der Waals surface area contributed by atoms with Crippen molar-refractivity contribution in [3.05, 3.63) is 35.9 Å². The smallest absolute Gasteiger partial charge is 0.410 e. The number of piperazine rings is 1. The van der Waals surface area contributed by atoms with Crippen LogP contribution in [0.25, 0.3) is 0 Å². The number of amides is 2. The second kappa shape index (κ2) is 10.5. The summed E-state index contributed by atoms with van der Waals surface area (Å²) in [4.78, 5) is 34.6. The molecule has 1 aromatic carbocycles. The first-order valence-corrected chi connectivity index (χ1v) is 10.5. The summed E-state index contributed by atoms with van der Waals surface area (Å²) in [5.74, 6) is 0.688. The second-order valence-electron chi connectivity index (χ2n) is 8.98. The summed E-state index contributed by atoms with van der Waals surface area (Å²) in [5, 5.41) is 0. The van der Waals surface area contributed by atoms with E-state index < -0.39 is 5.60 Å². The molecule has 0 aliphatic carbocycles. The summed E-state index contributed by atoms with van der Waals surface area (Å²) in [6.07, 6.45) is 0.176. The number of benzene rings is 1. The highest BCUT2D eigenvalue weighted by Gasteiger charge is 2.38. The maximum Gasteiger partial charge on any atom is 0.410 e. The highest BCUT2D eigenvalue weighted by Crippen LogP contribution is 2.37. The molecule has 2 aliphatic rings. The first-order chi connectivity index (χ1) is 14.2. The summed E-state index contributed by atoms with van der Waals surface area (Å²) in [5.41, 5.74) is 6.86. The number of aliphatic imine (C=N–C) groups is 1. The summed E-state index contributed by atoms with van der Waals surface area (Å²) < 4.78 is 5.43. The molecular weight excluding hydrogens is 509 g/mol. The Morgan fingerprint density at radius 2 is 1.71 bits per heavy atom. The molecule has 0 aromatic heterocycles.